The van der Waals surface area contributed by atoms with Crippen molar-refractivity contribution in [2.75, 3.05) is 20.3 Å². The van der Waals surface area contributed by atoms with Crippen LogP contribution in [0.5, 0.6) is 0 Å². The molecule has 0 atom stereocenters. The van der Waals surface area contributed by atoms with Crippen LogP contribution in [0.3, 0.4) is 0 Å². The van der Waals surface area contributed by atoms with Gasteiger partial charge in [-0.15, -0.1) is 0 Å². The van der Waals surface area contributed by atoms with Crippen molar-refractivity contribution in [3.8, 4) is 0 Å². The fraction of sp³-hybridized carbons (Fsp3) is 1.00. The molecule has 0 aromatic heterocycles. The molecule has 0 aromatic rings. The SMILES string of the molecule is CCCOC(C)(C)CCOC(C)(C)OC. The summed E-state index contributed by atoms with van der Waals surface area (Å²) in [5, 5.41) is 0. The summed E-state index contributed by atoms with van der Waals surface area (Å²) in [5.74, 6) is -0.499. The molecule has 0 saturated carbocycles. The van der Waals surface area contributed by atoms with Crippen LogP contribution in [0.15, 0.2) is 0 Å². The Morgan fingerprint density at radius 3 is 2.00 bits per heavy atom. The molecule has 0 radical (unpaired) electrons. The summed E-state index contributed by atoms with van der Waals surface area (Å²) in [5.41, 5.74) is -0.111. The van der Waals surface area contributed by atoms with Crippen LogP contribution in [0.1, 0.15) is 47.5 Å². The lowest BCUT2D eigenvalue weighted by Gasteiger charge is -2.28. The van der Waals surface area contributed by atoms with E-state index in [4.69, 9.17) is 14.2 Å². The topological polar surface area (TPSA) is 27.7 Å². The first-order chi connectivity index (χ1) is 6.83. The molecule has 0 amide bonds. The Bertz CT molecular complexity index is 164. The Morgan fingerprint density at radius 2 is 1.53 bits per heavy atom. The molecule has 3 heteroatoms. The van der Waals surface area contributed by atoms with E-state index in [-0.39, 0.29) is 5.60 Å². The van der Waals surface area contributed by atoms with Crippen molar-refractivity contribution in [3.05, 3.63) is 0 Å². The van der Waals surface area contributed by atoms with Crippen LogP contribution in [-0.4, -0.2) is 31.7 Å². The molecule has 0 aromatic carbocycles. The standard InChI is InChI=1S/C12H26O3/c1-7-9-14-11(2,3)8-10-15-12(4,5)13-6/h7-10H2,1-6H3. The highest BCUT2D eigenvalue weighted by molar-refractivity contribution is 4.68. The minimum absolute atomic E-state index is 0.111. The van der Waals surface area contributed by atoms with E-state index < -0.39 is 5.79 Å². The van der Waals surface area contributed by atoms with Gasteiger partial charge in [-0.05, 0) is 40.5 Å². The van der Waals surface area contributed by atoms with E-state index in [0.717, 1.165) is 19.4 Å². The zero-order chi connectivity index (χ0) is 11.9. The molecule has 0 aliphatic carbocycles. The monoisotopic (exact) mass is 218 g/mol. The molecular formula is C12H26O3. The summed E-state index contributed by atoms with van der Waals surface area (Å²) in [6.45, 7) is 11.6. The molecule has 0 aliphatic rings. The smallest absolute Gasteiger partial charge is 0.162 e. The van der Waals surface area contributed by atoms with Crippen LogP contribution in [0.4, 0.5) is 0 Å². The van der Waals surface area contributed by atoms with E-state index in [1.807, 2.05) is 13.8 Å². The lowest BCUT2D eigenvalue weighted by molar-refractivity contribution is -0.203. The van der Waals surface area contributed by atoms with Crippen LogP contribution >= 0.6 is 0 Å². The molecule has 15 heavy (non-hydrogen) atoms. The summed E-state index contributed by atoms with van der Waals surface area (Å²) in [6, 6.07) is 0. The average molecular weight is 218 g/mol. The summed E-state index contributed by atoms with van der Waals surface area (Å²) in [7, 11) is 1.65. The quantitative estimate of drug-likeness (QED) is 0.586. The van der Waals surface area contributed by atoms with Gasteiger partial charge >= 0.3 is 0 Å². The minimum atomic E-state index is -0.499. The van der Waals surface area contributed by atoms with E-state index in [0.29, 0.717) is 6.61 Å². The highest BCUT2D eigenvalue weighted by atomic mass is 16.7. The first-order valence-corrected chi connectivity index (χ1v) is 5.66. The van der Waals surface area contributed by atoms with Gasteiger partial charge in [-0.3, -0.25) is 0 Å². The second-order valence-electron chi connectivity index (χ2n) is 4.81. The Balaban J connectivity index is 3.74. The second-order valence-corrected chi connectivity index (χ2v) is 4.81. The molecule has 92 valence electrons. The number of ether oxygens (including phenoxy) is 3. The van der Waals surface area contributed by atoms with Gasteiger partial charge in [-0.25, -0.2) is 0 Å². The maximum absolute atomic E-state index is 5.71. The van der Waals surface area contributed by atoms with E-state index in [1.54, 1.807) is 7.11 Å². The van der Waals surface area contributed by atoms with Crippen LogP contribution in [0, 0.1) is 0 Å². The van der Waals surface area contributed by atoms with Crippen molar-refractivity contribution in [1.29, 1.82) is 0 Å². The van der Waals surface area contributed by atoms with Gasteiger partial charge in [0.25, 0.3) is 0 Å². The third kappa shape index (κ3) is 7.77. The van der Waals surface area contributed by atoms with Crippen molar-refractivity contribution in [1.82, 2.24) is 0 Å². The van der Waals surface area contributed by atoms with Crippen molar-refractivity contribution in [3.63, 3.8) is 0 Å². The van der Waals surface area contributed by atoms with Gasteiger partial charge in [-0.2, -0.15) is 0 Å². The molecule has 0 aliphatic heterocycles. The fourth-order valence-electron chi connectivity index (χ4n) is 1.05. The molecule has 0 bridgehead atoms. The molecule has 0 heterocycles. The predicted octanol–water partition coefficient (Wildman–Crippen LogP) is 2.98. The Hall–Kier alpha value is -0.120. The zero-order valence-corrected chi connectivity index (χ0v) is 11.1. The van der Waals surface area contributed by atoms with Crippen molar-refractivity contribution >= 4 is 0 Å². The van der Waals surface area contributed by atoms with E-state index in [9.17, 15) is 0 Å². The van der Waals surface area contributed by atoms with Crippen LogP contribution in [0.25, 0.3) is 0 Å². The fourth-order valence-corrected chi connectivity index (χ4v) is 1.05. The van der Waals surface area contributed by atoms with Crippen molar-refractivity contribution in [2.45, 2.75) is 58.8 Å². The average Bonchev–Trinajstić information content (AvgIpc) is 2.14. The number of hydrogen-bond donors (Lipinski definition) is 0. The Labute approximate surface area is 94.1 Å². The highest BCUT2D eigenvalue weighted by Crippen LogP contribution is 2.17. The van der Waals surface area contributed by atoms with Gasteiger partial charge in [0.15, 0.2) is 5.79 Å². The number of rotatable bonds is 8. The van der Waals surface area contributed by atoms with Crippen molar-refractivity contribution in [2.24, 2.45) is 0 Å². The Morgan fingerprint density at radius 1 is 0.933 bits per heavy atom. The second kappa shape index (κ2) is 6.46. The molecule has 0 unspecified atom stereocenters. The third-order valence-corrected chi connectivity index (χ3v) is 2.34. The van der Waals surface area contributed by atoms with E-state index >= 15 is 0 Å². The number of methoxy groups -OCH3 is 1. The number of hydrogen-bond acceptors (Lipinski definition) is 3. The van der Waals surface area contributed by atoms with E-state index in [2.05, 4.69) is 20.8 Å². The highest BCUT2D eigenvalue weighted by Gasteiger charge is 2.21. The minimum Gasteiger partial charge on any atom is -0.375 e. The molecule has 0 N–H and O–H groups in total. The summed E-state index contributed by atoms with van der Waals surface area (Å²) in [6.07, 6.45) is 1.92. The summed E-state index contributed by atoms with van der Waals surface area (Å²) in [4.78, 5) is 0. The first-order valence-electron chi connectivity index (χ1n) is 5.66. The van der Waals surface area contributed by atoms with Gasteiger partial charge in [0.05, 0.1) is 12.2 Å². The third-order valence-electron chi connectivity index (χ3n) is 2.34. The van der Waals surface area contributed by atoms with Crippen LogP contribution in [-0.2, 0) is 14.2 Å². The first kappa shape index (κ1) is 14.9. The molecule has 0 fully saturated rings. The maximum atomic E-state index is 5.71. The lowest BCUT2D eigenvalue weighted by Crippen LogP contribution is -2.32. The molecule has 0 saturated heterocycles. The van der Waals surface area contributed by atoms with Gasteiger partial charge in [0.1, 0.15) is 0 Å². The molecular weight excluding hydrogens is 192 g/mol. The van der Waals surface area contributed by atoms with Gasteiger partial charge in [-0.1, -0.05) is 6.92 Å². The largest absolute Gasteiger partial charge is 0.375 e. The zero-order valence-electron chi connectivity index (χ0n) is 11.1. The summed E-state index contributed by atoms with van der Waals surface area (Å²) < 4.78 is 16.5. The predicted molar refractivity (Wildman–Crippen MR) is 62.0 cm³/mol. The van der Waals surface area contributed by atoms with Crippen molar-refractivity contribution < 1.29 is 14.2 Å². The van der Waals surface area contributed by atoms with Gasteiger partial charge in [0, 0.05) is 13.7 Å². The molecule has 0 spiro atoms. The van der Waals surface area contributed by atoms with Gasteiger partial charge in [0.2, 0.25) is 0 Å². The van der Waals surface area contributed by atoms with Crippen LogP contribution in [0.2, 0.25) is 0 Å². The maximum Gasteiger partial charge on any atom is 0.162 e. The summed E-state index contributed by atoms with van der Waals surface area (Å²) >= 11 is 0. The molecule has 3 nitrogen and oxygen atoms in total. The van der Waals surface area contributed by atoms with Gasteiger partial charge < -0.3 is 14.2 Å². The van der Waals surface area contributed by atoms with Crippen LogP contribution < -0.4 is 0 Å². The normalized spacial score (nSPS) is 13.2. The molecule has 0 rings (SSSR count). The Kier molecular flexibility index (Phi) is 6.41. The van der Waals surface area contributed by atoms with E-state index in [1.165, 1.54) is 0 Å². The lowest BCUT2D eigenvalue weighted by atomic mass is 10.1.